The maximum Gasteiger partial charge on any atom is -0.00916 e. The highest BCUT2D eigenvalue weighted by molar-refractivity contribution is 5.39. The normalized spacial score (nSPS) is 18.4. The first-order valence-electron chi connectivity index (χ1n) is 4.40. The van der Waals surface area contributed by atoms with Crippen LogP contribution in [0.1, 0.15) is 27.2 Å². The van der Waals surface area contributed by atoms with Crippen molar-refractivity contribution in [3.05, 3.63) is 47.1 Å². The van der Waals surface area contributed by atoms with Crippen molar-refractivity contribution in [2.45, 2.75) is 27.2 Å². The summed E-state index contributed by atoms with van der Waals surface area (Å²) in [4.78, 5) is 0. The van der Waals surface area contributed by atoms with Crippen molar-refractivity contribution in [1.82, 2.24) is 0 Å². The molecule has 1 aliphatic rings. The minimum Gasteiger partial charge on any atom is -0.0847 e. The molecule has 0 aromatic rings. The molecule has 1 rings (SSSR count). The van der Waals surface area contributed by atoms with E-state index in [1.165, 1.54) is 16.7 Å². The van der Waals surface area contributed by atoms with Gasteiger partial charge in [-0.05, 0) is 32.8 Å². The molecule has 0 saturated heterocycles. The van der Waals surface area contributed by atoms with Gasteiger partial charge in [-0.15, -0.1) is 0 Å². The molecule has 0 atom stereocenters. The average molecular weight is 160 g/mol. The lowest BCUT2D eigenvalue weighted by Gasteiger charge is -1.91. The molecule has 0 fully saturated rings. The lowest BCUT2D eigenvalue weighted by Crippen LogP contribution is -1.70. The first-order valence-corrected chi connectivity index (χ1v) is 4.40. The van der Waals surface area contributed by atoms with Gasteiger partial charge in [0.1, 0.15) is 0 Å². The van der Waals surface area contributed by atoms with Gasteiger partial charge in [0.25, 0.3) is 0 Å². The predicted octanol–water partition coefficient (Wildman–Crippen LogP) is 3.79. The summed E-state index contributed by atoms with van der Waals surface area (Å²) in [6.45, 7) is 6.32. The van der Waals surface area contributed by atoms with Crippen molar-refractivity contribution >= 4 is 0 Å². The molecule has 0 nitrogen and oxygen atoms in total. The fourth-order valence-corrected chi connectivity index (χ4v) is 1.14. The molecule has 0 aromatic heterocycles. The van der Waals surface area contributed by atoms with Gasteiger partial charge in [0.05, 0.1) is 0 Å². The molecule has 0 aromatic carbocycles. The van der Waals surface area contributed by atoms with Crippen LogP contribution in [0.4, 0.5) is 0 Å². The van der Waals surface area contributed by atoms with E-state index in [1.54, 1.807) is 0 Å². The Balaban J connectivity index is 2.55. The Morgan fingerprint density at radius 1 is 1.50 bits per heavy atom. The van der Waals surface area contributed by atoms with Crippen LogP contribution in [-0.2, 0) is 0 Å². The standard InChI is InChI=1S/C12H16/c1-4-10(2)5-7-12-8-6-11(3)9-12/h4-7,9H,8H2,1-3H3/b7-5-,10-4+. The minimum absolute atomic E-state index is 1.10. The Labute approximate surface area is 75.0 Å². The van der Waals surface area contributed by atoms with E-state index < -0.39 is 0 Å². The molecular weight excluding hydrogens is 144 g/mol. The third-order valence-corrected chi connectivity index (χ3v) is 2.09. The van der Waals surface area contributed by atoms with E-state index in [9.17, 15) is 0 Å². The van der Waals surface area contributed by atoms with Gasteiger partial charge in [0, 0.05) is 0 Å². The van der Waals surface area contributed by atoms with Gasteiger partial charge in [-0.25, -0.2) is 0 Å². The SMILES string of the molecule is C/C=C(C)/C=C\C1=CC(C)=CC1. The molecule has 0 heteroatoms. The third kappa shape index (κ3) is 2.54. The molecule has 0 spiro atoms. The average Bonchev–Trinajstić information content (AvgIpc) is 2.47. The smallest absolute Gasteiger partial charge is 0.00916 e. The van der Waals surface area contributed by atoms with E-state index in [4.69, 9.17) is 0 Å². The quantitative estimate of drug-likeness (QED) is 0.539. The zero-order chi connectivity index (χ0) is 8.97. The van der Waals surface area contributed by atoms with Crippen LogP contribution in [0.3, 0.4) is 0 Å². The van der Waals surface area contributed by atoms with Crippen LogP contribution in [0, 0.1) is 0 Å². The second-order valence-corrected chi connectivity index (χ2v) is 3.24. The summed E-state index contributed by atoms with van der Waals surface area (Å²) in [5.41, 5.74) is 4.11. The van der Waals surface area contributed by atoms with E-state index in [1.807, 2.05) is 0 Å². The van der Waals surface area contributed by atoms with Crippen LogP contribution in [0.2, 0.25) is 0 Å². The van der Waals surface area contributed by atoms with E-state index in [2.05, 4.69) is 51.2 Å². The van der Waals surface area contributed by atoms with Crippen molar-refractivity contribution in [3.8, 4) is 0 Å². The summed E-state index contributed by atoms with van der Waals surface area (Å²) in [6.07, 6.45) is 12.1. The zero-order valence-corrected chi connectivity index (χ0v) is 8.09. The van der Waals surface area contributed by atoms with Crippen molar-refractivity contribution in [1.29, 1.82) is 0 Å². The summed E-state index contributed by atoms with van der Waals surface area (Å²) in [7, 11) is 0. The maximum atomic E-state index is 2.25. The Morgan fingerprint density at radius 3 is 2.75 bits per heavy atom. The van der Waals surface area contributed by atoms with E-state index in [-0.39, 0.29) is 0 Å². The molecule has 0 N–H and O–H groups in total. The Morgan fingerprint density at radius 2 is 2.25 bits per heavy atom. The summed E-state index contributed by atoms with van der Waals surface area (Å²) >= 11 is 0. The van der Waals surface area contributed by atoms with Gasteiger partial charge in [-0.1, -0.05) is 41.5 Å². The molecule has 64 valence electrons. The molecule has 0 amide bonds. The van der Waals surface area contributed by atoms with Crippen molar-refractivity contribution < 1.29 is 0 Å². The van der Waals surface area contributed by atoms with E-state index in [0.29, 0.717) is 0 Å². The Hall–Kier alpha value is -1.04. The highest BCUT2D eigenvalue weighted by Gasteiger charge is 1.98. The fraction of sp³-hybridized carbons (Fsp3) is 0.333. The predicted molar refractivity (Wildman–Crippen MR) is 55.0 cm³/mol. The van der Waals surface area contributed by atoms with E-state index in [0.717, 1.165) is 6.42 Å². The molecule has 0 radical (unpaired) electrons. The zero-order valence-electron chi connectivity index (χ0n) is 8.09. The van der Waals surface area contributed by atoms with Crippen molar-refractivity contribution in [2.75, 3.05) is 0 Å². The second kappa shape index (κ2) is 4.10. The minimum atomic E-state index is 1.10. The van der Waals surface area contributed by atoms with Gasteiger partial charge >= 0.3 is 0 Å². The number of allylic oxidation sites excluding steroid dienone is 8. The summed E-state index contributed by atoms with van der Waals surface area (Å²) in [5.74, 6) is 0. The molecule has 0 aliphatic heterocycles. The molecule has 0 unspecified atom stereocenters. The number of rotatable bonds is 2. The Kier molecular flexibility index (Phi) is 3.09. The summed E-state index contributed by atoms with van der Waals surface area (Å²) < 4.78 is 0. The summed E-state index contributed by atoms with van der Waals surface area (Å²) in [5, 5.41) is 0. The Bertz CT molecular complexity index is 272. The molecule has 1 aliphatic carbocycles. The molecule has 12 heavy (non-hydrogen) atoms. The van der Waals surface area contributed by atoms with Crippen molar-refractivity contribution in [2.24, 2.45) is 0 Å². The van der Waals surface area contributed by atoms with Gasteiger partial charge in [0.2, 0.25) is 0 Å². The molecular formula is C12H16. The topological polar surface area (TPSA) is 0 Å². The maximum absolute atomic E-state index is 2.25. The highest BCUT2D eigenvalue weighted by atomic mass is 14.0. The third-order valence-electron chi connectivity index (χ3n) is 2.09. The lowest BCUT2D eigenvalue weighted by molar-refractivity contribution is 1.32. The van der Waals surface area contributed by atoms with Gasteiger partial charge in [0.15, 0.2) is 0 Å². The number of hydrogen-bond acceptors (Lipinski definition) is 0. The number of hydrogen-bond donors (Lipinski definition) is 0. The van der Waals surface area contributed by atoms with Crippen molar-refractivity contribution in [3.63, 3.8) is 0 Å². The van der Waals surface area contributed by atoms with Crippen LogP contribution in [-0.4, -0.2) is 0 Å². The van der Waals surface area contributed by atoms with Crippen LogP contribution in [0.15, 0.2) is 47.1 Å². The second-order valence-electron chi connectivity index (χ2n) is 3.24. The van der Waals surface area contributed by atoms with E-state index >= 15 is 0 Å². The van der Waals surface area contributed by atoms with Crippen LogP contribution in [0.25, 0.3) is 0 Å². The molecule has 0 bridgehead atoms. The van der Waals surface area contributed by atoms with Crippen LogP contribution < -0.4 is 0 Å². The van der Waals surface area contributed by atoms with Gasteiger partial charge in [-0.3, -0.25) is 0 Å². The monoisotopic (exact) mass is 160 g/mol. The van der Waals surface area contributed by atoms with Gasteiger partial charge in [-0.2, -0.15) is 0 Å². The lowest BCUT2D eigenvalue weighted by atomic mass is 10.2. The first kappa shape index (κ1) is 9.05. The first-order chi connectivity index (χ1) is 5.72. The summed E-state index contributed by atoms with van der Waals surface area (Å²) in [6, 6.07) is 0. The largest absolute Gasteiger partial charge is 0.0847 e. The van der Waals surface area contributed by atoms with Crippen LogP contribution in [0.5, 0.6) is 0 Å². The highest BCUT2D eigenvalue weighted by Crippen LogP contribution is 2.18. The molecule has 0 heterocycles. The van der Waals surface area contributed by atoms with Crippen LogP contribution >= 0.6 is 0 Å². The fourth-order valence-electron chi connectivity index (χ4n) is 1.14. The van der Waals surface area contributed by atoms with Gasteiger partial charge < -0.3 is 0 Å². The molecule has 0 saturated carbocycles.